The molecule has 0 radical (unpaired) electrons. The smallest absolute Gasteiger partial charge is 0.108 e. The molecule has 1 aromatic heterocycles. The third-order valence-electron chi connectivity index (χ3n) is 2.28. The molecule has 2 rings (SSSR count). The number of rotatable bonds is 0. The van der Waals surface area contributed by atoms with Gasteiger partial charge in [-0.2, -0.15) is 0 Å². The Morgan fingerprint density at radius 2 is 2.45 bits per heavy atom. The molecule has 1 aromatic rings. The van der Waals surface area contributed by atoms with E-state index in [9.17, 15) is 0 Å². The predicted molar refractivity (Wildman–Crippen MR) is 43.1 cm³/mol. The first-order valence-electron chi connectivity index (χ1n) is 4.12. The summed E-state index contributed by atoms with van der Waals surface area (Å²) in [4.78, 5) is 4.26. The Morgan fingerprint density at radius 3 is 3.36 bits per heavy atom. The molecule has 0 fully saturated rings. The SMILES string of the molecule is NC1CCc2nccn2CC1. The quantitative estimate of drug-likeness (QED) is 0.588. The highest BCUT2D eigenvalue weighted by Gasteiger charge is 2.11. The minimum absolute atomic E-state index is 0.372. The molecule has 2 N–H and O–H groups in total. The molecule has 0 saturated heterocycles. The highest BCUT2D eigenvalue weighted by Crippen LogP contribution is 2.11. The van der Waals surface area contributed by atoms with Crippen LogP contribution in [0.3, 0.4) is 0 Å². The van der Waals surface area contributed by atoms with E-state index in [0.29, 0.717) is 6.04 Å². The number of imidazole rings is 1. The van der Waals surface area contributed by atoms with Crippen LogP contribution in [0.2, 0.25) is 0 Å². The van der Waals surface area contributed by atoms with Crippen LogP contribution in [-0.2, 0) is 13.0 Å². The van der Waals surface area contributed by atoms with Crippen LogP contribution < -0.4 is 5.73 Å². The van der Waals surface area contributed by atoms with Gasteiger partial charge in [0, 0.05) is 31.4 Å². The van der Waals surface area contributed by atoms with E-state index >= 15 is 0 Å². The van der Waals surface area contributed by atoms with E-state index in [1.54, 1.807) is 0 Å². The van der Waals surface area contributed by atoms with Gasteiger partial charge in [0.15, 0.2) is 0 Å². The molecule has 3 heteroatoms. The molecule has 0 saturated carbocycles. The lowest BCUT2D eigenvalue weighted by Gasteiger charge is -2.04. The van der Waals surface area contributed by atoms with E-state index in [1.165, 1.54) is 5.82 Å². The van der Waals surface area contributed by atoms with Crippen LogP contribution in [0.4, 0.5) is 0 Å². The molecule has 0 bridgehead atoms. The van der Waals surface area contributed by atoms with Gasteiger partial charge in [0.25, 0.3) is 0 Å². The van der Waals surface area contributed by atoms with Crippen molar-refractivity contribution < 1.29 is 0 Å². The first kappa shape index (κ1) is 6.85. The number of hydrogen-bond donors (Lipinski definition) is 1. The average Bonchev–Trinajstić information content (AvgIpc) is 2.38. The van der Waals surface area contributed by atoms with Crippen molar-refractivity contribution in [2.45, 2.75) is 31.8 Å². The van der Waals surface area contributed by atoms with Gasteiger partial charge < -0.3 is 10.3 Å². The molecule has 0 aliphatic carbocycles. The molecule has 1 atom stereocenters. The predicted octanol–water partition coefficient (Wildman–Crippen LogP) is 0.547. The topological polar surface area (TPSA) is 43.8 Å². The van der Waals surface area contributed by atoms with Crippen LogP contribution in [0.5, 0.6) is 0 Å². The Morgan fingerprint density at radius 1 is 1.55 bits per heavy atom. The Hall–Kier alpha value is -0.830. The fourth-order valence-electron chi connectivity index (χ4n) is 1.54. The van der Waals surface area contributed by atoms with Crippen LogP contribution >= 0.6 is 0 Å². The number of nitrogens with two attached hydrogens (primary N) is 1. The van der Waals surface area contributed by atoms with E-state index < -0.39 is 0 Å². The second-order valence-electron chi connectivity index (χ2n) is 3.12. The highest BCUT2D eigenvalue weighted by molar-refractivity contribution is 4.95. The largest absolute Gasteiger partial charge is 0.335 e. The second kappa shape index (κ2) is 2.66. The van der Waals surface area contributed by atoms with Gasteiger partial charge in [0.05, 0.1) is 0 Å². The van der Waals surface area contributed by atoms with E-state index in [2.05, 4.69) is 9.55 Å². The molecule has 60 valence electrons. The Bertz CT molecular complexity index is 219. The van der Waals surface area contributed by atoms with E-state index in [-0.39, 0.29) is 0 Å². The Balaban J connectivity index is 2.20. The molecule has 1 unspecified atom stereocenters. The van der Waals surface area contributed by atoms with Crippen LogP contribution in [-0.4, -0.2) is 15.6 Å². The lowest BCUT2D eigenvalue weighted by molar-refractivity contribution is 0.555. The summed E-state index contributed by atoms with van der Waals surface area (Å²) in [6.07, 6.45) is 7.11. The van der Waals surface area contributed by atoms with E-state index in [1.807, 2.05) is 12.4 Å². The summed E-state index contributed by atoms with van der Waals surface area (Å²) in [6.45, 7) is 1.04. The van der Waals surface area contributed by atoms with Crippen LogP contribution in [0.1, 0.15) is 18.7 Å². The maximum atomic E-state index is 5.83. The minimum atomic E-state index is 0.372. The molecule has 0 spiro atoms. The third kappa shape index (κ3) is 1.28. The van der Waals surface area contributed by atoms with Gasteiger partial charge in [0.2, 0.25) is 0 Å². The van der Waals surface area contributed by atoms with Gasteiger partial charge in [-0.3, -0.25) is 0 Å². The first-order valence-corrected chi connectivity index (χ1v) is 4.12. The lowest BCUT2D eigenvalue weighted by Crippen LogP contribution is -2.19. The molecule has 11 heavy (non-hydrogen) atoms. The Labute approximate surface area is 66.2 Å². The van der Waals surface area contributed by atoms with E-state index in [0.717, 1.165) is 25.8 Å². The summed E-state index contributed by atoms with van der Waals surface area (Å²) in [7, 11) is 0. The number of nitrogens with zero attached hydrogens (tertiary/aromatic N) is 2. The molecule has 1 aliphatic rings. The number of fused-ring (bicyclic) bond motifs is 1. The van der Waals surface area contributed by atoms with Crippen molar-refractivity contribution in [2.24, 2.45) is 5.73 Å². The van der Waals surface area contributed by atoms with Gasteiger partial charge in [-0.25, -0.2) is 4.98 Å². The van der Waals surface area contributed by atoms with Crippen molar-refractivity contribution >= 4 is 0 Å². The Kier molecular flexibility index (Phi) is 1.66. The molecular weight excluding hydrogens is 138 g/mol. The van der Waals surface area contributed by atoms with Crippen molar-refractivity contribution in [2.75, 3.05) is 0 Å². The van der Waals surface area contributed by atoms with Crippen molar-refractivity contribution in [3.63, 3.8) is 0 Å². The molecule has 2 heterocycles. The van der Waals surface area contributed by atoms with Crippen LogP contribution in [0.25, 0.3) is 0 Å². The number of aryl methyl sites for hydroxylation is 2. The standard InChI is InChI=1S/C8H13N3/c9-7-1-2-8-10-4-6-11(8)5-3-7/h4,6-7H,1-3,5,9H2. The second-order valence-corrected chi connectivity index (χ2v) is 3.12. The fraction of sp³-hybridized carbons (Fsp3) is 0.625. The van der Waals surface area contributed by atoms with Gasteiger partial charge in [-0.15, -0.1) is 0 Å². The summed E-state index contributed by atoms with van der Waals surface area (Å²) >= 11 is 0. The fourth-order valence-corrected chi connectivity index (χ4v) is 1.54. The van der Waals surface area contributed by atoms with Gasteiger partial charge in [-0.1, -0.05) is 0 Å². The number of hydrogen-bond acceptors (Lipinski definition) is 2. The molecular formula is C8H13N3. The van der Waals surface area contributed by atoms with E-state index in [4.69, 9.17) is 5.73 Å². The summed E-state index contributed by atoms with van der Waals surface area (Å²) in [5.41, 5.74) is 5.83. The zero-order valence-corrected chi connectivity index (χ0v) is 6.53. The summed E-state index contributed by atoms with van der Waals surface area (Å²) in [5.74, 6) is 1.19. The van der Waals surface area contributed by atoms with Crippen molar-refractivity contribution in [1.82, 2.24) is 9.55 Å². The number of aromatic nitrogens is 2. The summed E-state index contributed by atoms with van der Waals surface area (Å²) in [6, 6.07) is 0.372. The van der Waals surface area contributed by atoms with Crippen molar-refractivity contribution in [3.05, 3.63) is 18.2 Å². The average molecular weight is 151 g/mol. The van der Waals surface area contributed by atoms with Crippen molar-refractivity contribution in [1.29, 1.82) is 0 Å². The maximum Gasteiger partial charge on any atom is 0.108 e. The van der Waals surface area contributed by atoms with Gasteiger partial charge in [-0.05, 0) is 12.8 Å². The maximum absolute atomic E-state index is 5.83. The third-order valence-corrected chi connectivity index (χ3v) is 2.28. The minimum Gasteiger partial charge on any atom is -0.335 e. The van der Waals surface area contributed by atoms with Crippen LogP contribution in [0, 0.1) is 0 Å². The normalized spacial score (nSPS) is 24.3. The monoisotopic (exact) mass is 151 g/mol. The molecule has 3 nitrogen and oxygen atoms in total. The lowest BCUT2D eigenvalue weighted by atomic mass is 10.1. The summed E-state index contributed by atoms with van der Waals surface area (Å²) in [5, 5.41) is 0. The zero-order valence-electron chi connectivity index (χ0n) is 6.53. The molecule has 0 aromatic carbocycles. The first-order chi connectivity index (χ1) is 5.36. The van der Waals surface area contributed by atoms with Gasteiger partial charge >= 0.3 is 0 Å². The van der Waals surface area contributed by atoms with Crippen molar-refractivity contribution in [3.8, 4) is 0 Å². The zero-order chi connectivity index (χ0) is 7.68. The van der Waals surface area contributed by atoms with Gasteiger partial charge in [0.1, 0.15) is 5.82 Å². The molecule has 1 aliphatic heterocycles. The highest BCUT2D eigenvalue weighted by atomic mass is 15.1. The van der Waals surface area contributed by atoms with Crippen LogP contribution in [0.15, 0.2) is 12.4 Å². The molecule has 0 amide bonds. The summed E-state index contributed by atoms with van der Waals surface area (Å²) < 4.78 is 2.20.